The average Bonchev–Trinajstić information content (AvgIpc) is 3.21. The summed E-state index contributed by atoms with van der Waals surface area (Å²) < 4.78 is 1.68. The number of benzene rings is 2. The molecule has 0 saturated carbocycles. The Morgan fingerprint density at radius 2 is 1.83 bits per heavy atom. The zero-order valence-corrected chi connectivity index (χ0v) is 23.3. The number of thioether (sulfide) groups is 1. The number of carbonyl (C=O) groups is 1. The third-order valence-electron chi connectivity index (χ3n) is 7.07. The van der Waals surface area contributed by atoms with Gasteiger partial charge in [-0.15, -0.1) is 11.3 Å². The Balaban J connectivity index is 1.58. The van der Waals surface area contributed by atoms with E-state index in [2.05, 4.69) is 20.8 Å². The maximum Gasteiger partial charge on any atom is 0.267 e. The second-order valence-corrected chi connectivity index (χ2v) is 13.0. The summed E-state index contributed by atoms with van der Waals surface area (Å²) >= 11 is 8.93. The van der Waals surface area contributed by atoms with Gasteiger partial charge in [0.25, 0.3) is 5.56 Å². The third kappa shape index (κ3) is 4.91. The van der Waals surface area contributed by atoms with E-state index in [9.17, 15) is 9.59 Å². The van der Waals surface area contributed by atoms with Crippen LogP contribution in [0.4, 0.5) is 0 Å². The van der Waals surface area contributed by atoms with Gasteiger partial charge in [-0.3, -0.25) is 14.2 Å². The van der Waals surface area contributed by atoms with Crippen LogP contribution < -0.4 is 5.56 Å². The van der Waals surface area contributed by atoms with E-state index >= 15 is 0 Å². The van der Waals surface area contributed by atoms with E-state index in [4.69, 9.17) is 16.6 Å². The summed E-state index contributed by atoms with van der Waals surface area (Å²) in [5, 5.41) is 1.89. The molecule has 2 aromatic heterocycles. The average molecular weight is 537 g/mol. The van der Waals surface area contributed by atoms with E-state index in [-0.39, 0.29) is 22.5 Å². The van der Waals surface area contributed by atoms with Crippen LogP contribution in [0.3, 0.4) is 0 Å². The summed E-state index contributed by atoms with van der Waals surface area (Å²) in [5.74, 6) is 0.742. The summed E-state index contributed by atoms with van der Waals surface area (Å²) in [7, 11) is 0. The van der Waals surface area contributed by atoms with Crippen molar-refractivity contribution in [1.82, 2.24) is 9.55 Å². The second kappa shape index (κ2) is 9.81. The van der Waals surface area contributed by atoms with E-state index in [1.165, 1.54) is 22.2 Å². The number of rotatable bonds is 5. The van der Waals surface area contributed by atoms with Crippen molar-refractivity contribution >= 4 is 50.7 Å². The van der Waals surface area contributed by atoms with Crippen LogP contribution in [0.15, 0.2) is 58.5 Å². The number of fused-ring (bicyclic) bond motifs is 3. The monoisotopic (exact) mass is 536 g/mol. The van der Waals surface area contributed by atoms with Crippen LogP contribution >= 0.6 is 34.7 Å². The minimum absolute atomic E-state index is 0.0278. The zero-order chi connectivity index (χ0) is 25.6. The van der Waals surface area contributed by atoms with Crippen molar-refractivity contribution in [3.63, 3.8) is 0 Å². The van der Waals surface area contributed by atoms with Crippen molar-refractivity contribution in [1.29, 1.82) is 0 Å². The molecule has 0 fully saturated rings. The highest BCUT2D eigenvalue weighted by molar-refractivity contribution is 7.99. The van der Waals surface area contributed by atoms with Gasteiger partial charge < -0.3 is 0 Å². The number of hydrogen-bond donors (Lipinski definition) is 0. The van der Waals surface area contributed by atoms with Gasteiger partial charge in [-0.05, 0) is 79.5 Å². The smallest absolute Gasteiger partial charge is 0.267 e. The number of ketones is 1. The summed E-state index contributed by atoms with van der Waals surface area (Å²) in [6, 6.07) is 14.8. The van der Waals surface area contributed by atoms with Crippen LogP contribution in [-0.2, 0) is 12.8 Å². The molecule has 1 aliphatic rings. The van der Waals surface area contributed by atoms with Crippen LogP contribution in [0, 0.1) is 18.3 Å². The van der Waals surface area contributed by atoms with Crippen molar-refractivity contribution in [3.05, 3.63) is 85.5 Å². The largest absolute Gasteiger partial charge is 0.293 e. The Morgan fingerprint density at radius 1 is 1.14 bits per heavy atom. The first-order valence-corrected chi connectivity index (χ1v) is 14.4. The lowest BCUT2D eigenvalue weighted by Crippen LogP contribution is -2.27. The summed E-state index contributed by atoms with van der Waals surface area (Å²) in [4.78, 5) is 33.9. The molecular formula is C29H29ClN2O2S2. The second-order valence-electron chi connectivity index (χ2n) is 10.6. The van der Waals surface area contributed by atoms with Crippen LogP contribution in [0.1, 0.15) is 53.6 Å². The fraction of sp³-hybridized carbons (Fsp3) is 0.345. The molecule has 5 rings (SSSR count). The van der Waals surface area contributed by atoms with Gasteiger partial charge in [0.2, 0.25) is 0 Å². The number of nitrogens with zero attached hydrogens (tertiary/aromatic N) is 2. The van der Waals surface area contributed by atoms with Gasteiger partial charge in [0.1, 0.15) is 4.83 Å². The van der Waals surface area contributed by atoms with Gasteiger partial charge in [0.05, 0.1) is 16.8 Å². The molecule has 0 radical (unpaired) electrons. The first-order chi connectivity index (χ1) is 17.1. The highest BCUT2D eigenvalue weighted by Crippen LogP contribution is 2.42. The Kier molecular flexibility index (Phi) is 6.88. The molecule has 0 saturated heterocycles. The molecule has 4 aromatic rings. The van der Waals surface area contributed by atoms with E-state index < -0.39 is 0 Å². The lowest BCUT2D eigenvalue weighted by molar-refractivity contribution is 0.102. The Labute approximate surface area is 224 Å². The topological polar surface area (TPSA) is 52.0 Å². The lowest BCUT2D eigenvalue weighted by atomic mass is 9.72. The quantitative estimate of drug-likeness (QED) is 0.150. The van der Waals surface area contributed by atoms with Crippen molar-refractivity contribution in [3.8, 4) is 5.69 Å². The standard InChI is InChI=1S/C29H29ClN2O2S2/c1-17-5-12-21(13-6-17)32-27(34)25-22-14-9-19(29(2,3)4)15-24(22)36-26(25)31-28(32)35-16-23(33)18-7-10-20(30)11-8-18/h5-8,10-13,19H,9,14-16H2,1-4H3/t19-/m0/s1. The first-order valence-electron chi connectivity index (χ1n) is 12.2. The number of aromatic nitrogens is 2. The minimum Gasteiger partial charge on any atom is -0.293 e. The molecule has 0 N–H and O–H groups in total. The van der Waals surface area contributed by atoms with Crippen LogP contribution in [0.5, 0.6) is 0 Å². The van der Waals surface area contributed by atoms with E-state index in [1.807, 2.05) is 31.2 Å². The van der Waals surface area contributed by atoms with Gasteiger partial charge >= 0.3 is 0 Å². The maximum atomic E-state index is 14.0. The van der Waals surface area contributed by atoms with Crippen molar-refractivity contribution in [2.45, 2.75) is 52.1 Å². The number of carbonyl (C=O) groups excluding carboxylic acids is 1. The molecular weight excluding hydrogens is 508 g/mol. The van der Waals surface area contributed by atoms with Gasteiger partial charge in [-0.1, -0.05) is 61.8 Å². The summed E-state index contributed by atoms with van der Waals surface area (Å²) in [6.07, 6.45) is 2.98. The molecule has 1 atom stereocenters. The SMILES string of the molecule is Cc1ccc(-n2c(SCC(=O)c3ccc(Cl)cc3)nc3sc4c(c3c2=O)CC[C@H](C(C)(C)C)C4)cc1. The zero-order valence-electron chi connectivity index (χ0n) is 20.9. The molecule has 0 unspecified atom stereocenters. The fourth-order valence-corrected chi connectivity index (χ4v) is 7.19. The number of thiophene rings is 1. The minimum atomic E-state index is -0.0444. The highest BCUT2D eigenvalue weighted by atomic mass is 35.5. The maximum absolute atomic E-state index is 14.0. The summed E-state index contributed by atoms with van der Waals surface area (Å²) in [6.45, 7) is 8.91. The van der Waals surface area contributed by atoms with Crippen molar-refractivity contribution < 1.29 is 4.79 Å². The molecule has 7 heteroatoms. The molecule has 36 heavy (non-hydrogen) atoms. The van der Waals surface area contributed by atoms with Crippen LogP contribution in [0.2, 0.25) is 5.02 Å². The summed E-state index contributed by atoms with van der Waals surface area (Å²) in [5.41, 5.74) is 3.84. The Morgan fingerprint density at radius 3 is 2.50 bits per heavy atom. The number of Topliss-reactive ketones (excluding diaryl/α,β-unsaturated/α-hetero) is 1. The van der Waals surface area contributed by atoms with E-state index in [0.717, 1.165) is 40.7 Å². The molecule has 186 valence electrons. The number of hydrogen-bond acceptors (Lipinski definition) is 5. The van der Waals surface area contributed by atoms with E-state index in [0.29, 0.717) is 21.7 Å². The fourth-order valence-electron chi connectivity index (χ4n) is 4.81. The molecule has 4 nitrogen and oxygen atoms in total. The van der Waals surface area contributed by atoms with E-state index in [1.54, 1.807) is 40.2 Å². The molecule has 1 aliphatic carbocycles. The molecule has 0 bridgehead atoms. The van der Waals surface area contributed by atoms with Gasteiger partial charge in [-0.2, -0.15) is 0 Å². The highest BCUT2D eigenvalue weighted by Gasteiger charge is 2.32. The van der Waals surface area contributed by atoms with Gasteiger partial charge in [-0.25, -0.2) is 4.98 Å². The lowest BCUT2D eigenvalue weighted by Gasteiger charge is -2.33. The Bertz CT molecular complexity index is 1500. The third-order valence-corrected chi connectivity index (χ3v) is 9.41. The molecule has 0 aliphatic heterocycles. The van der Waals surface area contributed by atoms with Gasteiger partial charge in [0.15, 0.2) is 10.9 Å². The first kappa shape index (κ1) is 25.2. The van der Waals surface area contributed by atoms with Gasteiger partial charge in [0, 0.05) is 15.5 Å². The Hall–Kier alpha value is -2.41. The molecule has 2 aromatic carbocycles. The molecule has 2 heterocycles. The predicted octanol–water partition coefficient (Wildman–Crippen LogP) is 7.54. The van der Waals surface area contributed by atoms with Crippen LogP contribution in [0.25, 0.3) is 15.9 Å². The molecule has 0 spiro atoms. The van der Waals surface area contributed by atoms with Crippen LogP contribution in [-0.4, -0.2) is 21.1 Å². The van der Waals surface area contributed by atoms with Crippen molar-refractivity contribution in [2.24, 2.45) is 11.3 Å². The molecule has 0 amide bonds. The normalized spacial score (nSPS) is 15.8. The van der Waals surface area contributed by atoms with Crippen molar-refractivity contribution in [2.75, 3.05) is 5.75 Å². The number of aryl methyl sites for hydroxylation is 2. The predicted molar refractivity (Wildman–Crippen MR) is 151 cm³/mol. The number of halogens is 1.